The lowest BCUT2D eigenvalue weighted by Crippen LogP contribution is -2.45. The van der Waals surface area contributed by atoms with E-state index in [4.69, 9.17) is 11.6 Å². The fourth-order valence-electron chi connectivity index (χ4n) is 1.69. The van der Waals surface area contributed by atoms with E-state index >= 15 is 0 Å². The predicted octanol–water partition coefficient (Wildman–Crippen LogP) is 1.14. The van der Waals surface area contributed by atoms with Crippen LogP contribution in [-0.2, 0) is 19.4 Å². The van der Waals surface area contributed by atoms with Gasteiger partial charge in [-0.2, -0.15) is 0 Å². The van der Waals surface area contributed by atoms with Crippen LogP contribution in [-0.4, -0.2) is 38.6 Å². The molecule has 0 saturated carbocycles. The van der Waals surface area contributed by atoms with E-state index in [2.05, 4.69) is 10.6 Å². The number of carbonyl (C=O) groups excluding carboxylic acids is 2. The summed E-state index contributed by atoms with van der Waals surface area (Å²) < 4.78 is 24.1. The van der Waals surface area contributed by atoms with Gasteiger partial charge < -0.3 is 10.6 Å². The largest absolute Gasteiger partial charge is 0.355 e. The van der Waals surface area contributed by atoms with Crippen molar-refractivity contribution in [2.24, 2.45) is 0 Å². The second kappa shape index (κ2) is 8.14. The second-order valence-electron chi connectivity index (χ2n) is 4.71. The maximum atomic E-state index is 12.1. The van der Waals surface area contributed by atoms with E-state index in [0.717, 1.165) is 0 Å². The Hall–Kier alpha value is -1.60. The quantitative estimate of drug-likeness (QED) is 0.774. The van der Waals surface area contributed by atoms with E-state index in [0.29, 0.717) is 11.6 Å². The average Bonchev–Trinajstić information content (AvgIpc) is 2.46. The van der Waals surface area contributed by atoms with Crippen molar-refractivity contribution in [3.8, 4) is 0 Å². The highest BCUT2D eigenvalue weighted by molar-refractivity contribution is 7.91. The molecule has 0 aliphatic heterocycles. The van der Waals surface area contributed by atoms with Crippen molar-refractivity contribution in [3.63, 3.8) is 0 Å². The molecule has 0 aliphatic rings. The summed E-state index contributed by atoms with van der Waals surface area (Å²) in [5.74, 6) is -1.13. The molecule has 0 spiro atoms. The number of nitrogens with one attached hydrogen (secondary N) is 2. The minimum atomic E-state index is -3.56. The molecule has 1 aromatic carbocycles. The van der Waals surface area contributed by atoms with Gasteiger partial charge in [-0.3, -0.25) is 9.59 Å². The molecule has 0 fully saturated rings. The van der Waals surface area contributed by atoms with Crippen LogP contribution >= 0.6 is 11.6 Å². The smallest absolute Gasteiger partial charge is 0.242 e. The van der Waals surface area contributed by atoms with Crippen molar-refractivity contribution in [1.82, 2.24) is 10.6 Å². The number of hydrogen-bond donors (Lipinski definition) is 2. The molecule has 0 radical (unpaired) electrons. The van der Waals surface area contributed by atoms with Crippen molar-refractivity contribution in [3.05, 3.63) is 29.3 Å². The van der Waals surface area contributed by atoms with Crippen LogP contribution in [0.5, 0.6) is 0 Å². The first-order chi connectivity index (χ1) is 10.3. The number of sulfone groups is 1. The third kappa shape index (κ3) is 5.65. The van der Waals surface area contributed by atoms with Gasteiger partial charge in [-0.15, -0.1) is 0 Å². The van der Waals surface area contributed by atoms with Gasteiger partial charge in [0.25, 0.3) is 0 Å². The molecule has 1 rings (SSSR count). The van der Waals surface area contributed by atoms with Gasteiger partial charge in [0, 0.05) is 18.0 Å². The molecule has 1 atom stereocenters. The van der Waals surface area contributed by atoms with E-state index < -0.39 is 21.8 Å². The summed E-state index contributed by atoms with van der Waals surface area (Å²) in [7, 11) is -3.56. The van der Waals surface area contributed by atoms with Gasteiger partial charge in [0.1, 0.15) is 6.04 Å². The zero-order chi connectivity index (χ0) is 16.8. The molecule has 0 unspecified atom stereocenters. The minimum absolute atomic E-state index is 0.112. The van der Waals surface area contributed by atoms with E-state index in [-0.39, 0.29) is 23.0 Å². The van der Waals surface area contributed by atoms with Gasteiger partial charge in [0.15, 0.2) is 9.84 Å². The fourth-order valence-corrected chi connectivity index (χ4v) is 3.06. The molecule has 0 saturated heterocycles. The summed E-state index contributed by atoms with van der Waals surface area (Å²) >= 11 is 5.71. The molecular weight excluding hydrogens is 328 g/mol. The Morgan fingerprint density at radius 3 is 2.36 bits per heavy atom. The molecule has 0 bridgehead atoms. The maximum absolute atomic E-state index is 12.1. The summed E-state index contributed by atoms with van der Waals surface area (Å²) in [4.78, 5) is 23.3. The zero-order valence-electron chi connectivity index (χ0n) is 12.4. The van der Waals surface area contributed by atoms with Gasteiger partial charge in [-0.1, -0.05) is 11.6 Å². The standard InChI is InChI=1S/C14H19ClN2O4S/c1-3-16-14(19)10(2)17-13(18)8-9-22(20,21)12-6-4-11(15)5-7-12/h4-7,10H,3,8-9H2,1-2H3,(H,16,19)(H,17,18)/t10-/m0/s1. The molecule has 2 amide bonds. The number of carbonyl (C=O) groups is 2. The molecule has 6 nitrogen and oxygen atoms in total. The molecule has 122 valence electrons. The highest BCUT2D eigenvalue weighted by Gasteiger charge is 2.19. The van der Waals surface area contributed by atoms with Crippen molar-refractivity contribution >= 4 is 33.3 Å². The number of hydrogen-bond acceptors (Lipinski definition) is 4. The summed E-state index contributed by atoms with van der Waals surface area (Å²) in [5.41, 5.74) is 0. The first-order valence-electron chi connectivity index (χ1n) is 6.81. The molecule has 2 N–H and O–H groups in total. The highest BCUT2D eigenvalue weighted by atomic mass is 35.5. The van der Waals surface area contributed by atoms with Crippen LogP contribution in [0.25, 0.3) is 0 Å². The van der Waals surface area contributed by atoms with Crippen LogP contribution in [0.1, 0.15) is 20.3 Å². The van der Waals surface area contributed by atoms with Crippen molar-refractivity contribution in [2.75, 3.05) is 12.3 Å². The normalized spacial score (nSPS) is 12.5. The predicted molar refractivity (Wildman–Crippen MR) is 84.4 cm³/mol. The first-order valence-corrected chi connectivity index (χ1v) is 8.84. The molecule has 0 aliphatic carbocycles. The molecule has 1 aromatic rings. The summed E-state index contributed by atoms with van der Waals surface area (Å²) in [6.07, 6.45) is -0.214. The third-order valence-corrected chi connectivity index (χ3v) is 4.88. The molecule has 0 heterocycles. The van der Waals surface area contributed by atoms with Gasteiger partial charge in [-0.25, -0.2) is 8.42 Å². The van der Waals surface area contributed by atoms with Crippen LogP contribution in [0.15, 0.2) is 29.2 Å². The van der Waals surface area contributed by atoms with Crippen LogP contribution in [0.4, 0.5) is 0 Å². The lowest BCUT2D eigenvalue weighted by molar-refractivity contribution is -0.128. The van der Waals surface area contributed by atoms with E-state index in [1.165, 1.54) is 31.2 Å². The van der Waals surface area contributed by atoms with Crippen LogP contribution in [0.3, 0.4) is 0 Å². The Bertz CT molecular complexity index is 629. The van der Waals surface area contributed by atoms with E-state index in [1.807, 2.05) is 0 Å². The highest BCUT2D eigenvalue weighted by Crippen LogP contribution is 2.15. The molecule has 22 heavy (non-hydrogen) atoms. The molecule has 8 heteroatoms. The lowest BCUT2D eigenvalue weighted by atomic mass is 10.3. The van der Waals surface area contributed by atoms with Gasteiger partial charge in [-0.05, 0) is 38.1 Å². The first kappa shape index (κ1) is 18.4. The van der Waals surface area contributed by atoms with E-state index in [1.54, 1.807) is 6.92 Å². The third-order valence-electron chi connectivity index (χ3n) is 2.89. The Morgan fingerprint density at radius 2 is 1.82 bits per heavy atom. The van der Waals surface area contributed by atoms with Crippen LogP contribution in [0, 0.1) is 0 Å². The van der Waals surface area contributed by atoms with Crippen molar-refractivity contribution in [2.45, 2.75) is 31.2 Å². The Kier molecular flexibility index (Phi) is 6.83. The number of benzene rings is 1. The van der Waals surface area contributed by atoms with Gasteiger partial charge in [0.2, 0.25) is 11.8 Å². The monoisotopic (exact) mass is 346 g/mol. The van der Waals surface area contributed by atoms with Crippen LogP contribution in [0.2, 0.25) is 5.02 Å². The minimum Gasteiger partial charge on any atom is -0.355 e. The van der Waals surface area contributed by atoms with Crippen LogP contribution < -0.4 is 10.6 Å². The second-order valence-corrected chi connectivity index (χ2v) is 7.25. The fraction of sp³-hybridized carbons (Fsp3) is 0.429. The van der Waals surface area contributed by atoms with Crippen molar-refractivity contribution in [1.29, 1.82) is 0 Å². The summed E-state index contributed by atoms with van der Waals surface area (Å²) in [5, 5.41) is 5.47. The number of rotatable bonds is 7. The number of amides is 2. The maximum Gasteiger partial charge on any atom is 0.242 e. The Balaban J connectivity index is 2.56. The number of halogens is 1. The van der Waals surface area contributed by atoms with E-state index in [9.17, 15) is 18.0 Å². The summed E-state index contributed by atoms with van der Waals surface area (Å²) in [6.45, 7) is 3.77. The van der Waals surface area contributed by atoms with Crippen molar-refractivity contribution < 1.29 is 18.0 Å². The molecular formula is C14H19ClN2O4S. The average molecular weight is 347 g/mol. The SMILES string of the molecule is CCNC(=O)[C@H](C)NC(=O)CCS(=O)(=O)c1ccc(Cl)cc1. The van der Waals surface area contributed by atoms with Gasteiger partial charge >= 0.3 is 0 Å². The van der Waals surface area contributed by atoms with Gasteiger partial charge in [0.05, 0.1) is 10.6 Å². The Labute approximate surface area is 135 Å². The number of likely N-dealkylation sites (N-methyl/N-ethyl adjacent to an activating group) is 1. The summed E-state index contributed by atoms with van der Waals surface area (Å²) in [6, 6.07) is 5.04. The topological polar surface area (TPSA) is 92.3 Å². The lowest BCUT2D eigenvalue weighted by Gasteiger charge is -2.13. The Morgan fingerprint density at radius 1 is 1.23 bits per heavy atom. The zero-order valence-corrected chi connectivity index (χ0v) is 14.0. The molecule has 0 aromatic heterocycles.